The molecule has 0 heterocycles. The maximum absolute atomic E-state index is 11.3. The molecule has 0 unspecified atom stereocenters. The number of hydrogen-bond acceptors (Lipinski definition) is 3. The first-order valence-electron chi connectivity index (χ1n) is 4.66. The Hall–Kier alpha value is -0.480. The molecule has 0 radical (unpaired) electrons. The first-order valence-corrected chi connectivity index (χ1v) is 6.44. The summed E-state index contributed by atoms with van der Waals surface area (Å²) in [4.78, 5) is 12.3. The summed E-state index contributed by atoms with van der Waals surface area (Å²) >= 11 is 4.90. The normalized spacial score (nSPS) is 10.4. The molecule has 1 aromatic rings. The van der Waals surface area contributed by atoms with E-state index in [1.54, 1.807) is 0 Å². The van der Waals surface area contributed by atoms with Crippen LogP contribution in [0.4, 0.5) is 0 Å². The largest absolute Gasteiger partial charge is 0.462 e. The molecule has 1 rings (SSSR count). The average molecular weight is 289 g/mol. The summed E-state index contributed by atoms with van der Waals surface area (Å²) < 4.78 is 6.04. The lowest BCUT2D eigenvalue weighted by atomic mass is 10.4. The van der Waals surface area contributed by atoms with Gasteiger partial charge in [0.15, 0.2) is 0 Å². The quantitative estimate of drug-likeness (QED) is 0.627. The summed E-state index contributed by atoms with van der Waals surface area (Å²) in [7, 11) is 0. The fourth-order valence-corrected chi connectivity index (χ4v) is 2.35. The Morgan fingerprint density at radius 1 is 1.47 bits per heavy atom. The molecule has 0 bridgehead atoms. The molecule has 0 aliphatic heterocycles. The molecule has 0 fully saturated rings. The summed E-state index contributed by atoms with van der Waals surface area (Å²) in [6, 6.07) is 7.81. The highest BCUT2D eigenvalue weighted by Crippen LogP contribution is 2.26. The summed E-state index contributed by atoms with van der Waals surface area (Å²) in [5.41, 5.74) is 0. The molecule has 0 aliphatic rings. The standard InChI is InChI=1S/C11H13BrO2S/c1-8(2)14-11(13)7-15-10-6-4-3-5-9(10)12/h3-6,8H,7H2,1-2H3. The predicted octanol–water partition coefficient (Wildman–Crippen LogP) is 3.49. The van der Waals surface area contributed by atoms with E-state index in [1.807, 2.05) is 38.1 Å². The second-order valence-electron chi connectivity index (χ2n) is 3.26. The van der Waals surface area contributed by atoms with Gasteiger partial charge in [-0.1, -0.05) is 12.1 Å². The van der Waals surface area contributed by atoms with Crippen LogP contribution < -0.4 is 0 Å². The highest BCUT2D eigenvalue weighted by atomic mass is 79.9. The van der Waals surface area contributed by atoms with E-state index < -0.39 is 0 Å². The second-order valence-corrected chi connectivity index (χ2v) is 5.13. The van der Waals surface area contributed by atoms with Gasteiger partial charge in [-0.05, 0) is 41.9 Å². The Balaban J connectivity index is 2.44. The Labute approximate surface area is 103 Å². The number of ether oxygens (including phenoxy) is 1. The van der Waals surface area contributed by atoms with Crippen LogP contribution in [-0.2, 0) is 9.53 Å². The van der Waals surface area contributed by atoms with Crippen LogP contribution >= 0.6 is 27.7 Å². The van der Waals surface area contributed by atoms with Crippen LogP contribution in [0.25, 0.3) is 0 Å². The van der Waals surface area contributed by atoms with Crippen LogP contribution in [-0.4, -0.2) is 17.8 Å². The maximum Gasteiger partial charge on any atom is 0.316 e. The Morgan fingerprint density at radius 3 is 2.73 bits per heavy atom. The van der Waals surface area contributed by atoms with E-state index in [1.165, 1.54) is 11.8 Å². The van der Waals surface area contributed by atoms with Gasteiger partial charge in [-0.25, -0.2) is 0 Å². The molecular weight excluding hydrogens is 276 g/mol. The van der Waals surface area contributed by atoms with E-state index in [9.17, 15) is 4.79 Å². The minimum atomic E-state index is -0.175. The number of benzene rings is 1. The summed E-state index contributed by atoms with van der Waals surface area (Å²) in [6.45, 7) is 3.70. The van der Waals surface area contributed by atoms with Gasteiger partial charge in [0, 0.05) is 9.37 Å². The topological polar surface area (TPSA) is 26.3 Å². The minimum Gasteiger partial charge on any atom is -0.462 e. The smallest absolute Gasteiger partial charge is 0.316 e. The molecule has 0 N–H and O–H groups in total. The number of esters is 1. The van der Waals surface area contributed by atoms with Crippen LogP contribution in [0.15, 0.2) is 33.6 Å². The molecule has 0 spiro atoms. The van der Waals surface area contributed by atoms with Crippen molar-refractivity contribution in [2.24, 2.45) is 0 Å². The highest BCUT2D eigenvalue weighted by molar-refractivity contribution is 9.10. The van der Waals surface area contributed by atoms with Crippen molar-refractivity contribution in [1.29, 1.82) is 0 Å². The third-order valence-corrected chi connectivity index (χ3v) is 3.55. The summed E-state index contributed by atoms with van der Waals surface area (Å²) in [5, 5.41) is 0. The van der Waals surface area contributed by atoms with Gasteiger partial charge in [-0.2, -0.15) is 0 Å². The third kappa shape index (κ3) is 4.71. The number of thioether (sulfide) groups is 1. The molecule has 0 saturated carbocycles. The molecule has 2 nitrogen and oxygen atoms in total. The van der Waals surface area contributed by atoms with E-state index in [-0.39, 0.29) is 12.1 Å². The zero-order chi connectivity index (χ0) is 11.3. The van der Waals surface area contributed by atoms with E-state index in [4.69, 9.17) is 4.74 Å². The number of rotatable bonds is 4. The number of carbonyl (C=O) groups excluding carboxylic acids is 1. The molecule has 0 aliphatic carbocycles. The Kier molecular flexibility index (Phi) is 5.19. The van der Waals surface area contributed by atoms with Gasteiger partial charge in [-0.3, -0.25) is 4.79 Å². The summed E-state index contributed by atoms with van der Waals surface area (Å²) in [5.74, 6) is 0.173. The zero-order valence-corrected chi connectivity index (χ0v) is 11.1. The maximum atomic E-state index is 11.3. The van der Waals surface area contributed by atoms with Crippen LogP contribution in [0.5, 0.6) is 0 Å². The van der Waals surface area contributed by atoms with E-state index in [0.717, 1.165) is 9.37 Å². The van der Waals surface area contributed by atoms with E-state index in [0.29, 0.717) is 5.75 Å². The first kappa shape index (κ1) is 12.6. The van der Waals surface area contributed by atoms with E-state index >= 15 is 0 Å². The molecule has 0 amide bonds. The predicted molar refractivity (Wildman–Crippen MR) is 66.1 cm³/mol. The molecule has 0 aromatic heterocycles. The van der Waals surface area contributed by atoms with E-state index in [2.05, 4.69) is 15.9 Å². The Morgan fingerprint density at radius 2 is 2.13 bits per heavy atom. The Bertz CT molecular complexity index is 339. The van der Waals surface area contributed by atoms with Gasteiger partial charge in [0.2, 0.25) is 0 Å². The number of carbonyl (C=O) groups is 1. The van der Waals surface area contributed by atoms with Gasteiger partial charge in [0.1, 0.15) is 0 Å². The first-order chi connectivity index (χ1) is 7.09. The number of hydrogen-bond donors (Lipinski definition) is 0. The zero-order valence-electron chi connectivity index (χ0n) is 8.70. The second kappa shape index (κ2) is 6.18. The van der Waals surface area contributed by atoms with Crippen molar-refractivity contribution in [2.75, 3.05) is 5.75 Å². The molecule has 0 atom stereocenters. The van der Waals surface area contributed by atoms with Crippen molar-refractivity contribution < 1.29 is 9.53 Å². The van der Waals surface area contributed by atoms with Crippen molar-refractivity contribution >= 4 is 33.7 Å². The van der Waals surface area contributed by atoms with Crippen molar-refractivity contribution in [3.63, 3.8) is 0 Å². The summed E-state index contributed by atoms with van der Waals surface area (Å²) in [6.07, 6.45) is -0.0442. The van der Waals surface area contributed by atoms with Crippen LogP contribution in [0.3, 0.4) is 0 Å². The van der Waals surface area contributed by atoms with Gasteiger partial charge in [-0.15, -0.1) is 11.8 Å². The SMILES string of the molecule is CC(C)OC(=O)CSc1ccccc1Br. The minimum absolute atomic E-state index is 0.0442. The lowest BCUT2D eigenvalue weighted by Gasteiger charge is -2.07. The van der Waals surface area contributed by atoms with Crippen LogP contribution in [0.2, 0.25) is 0 Å². The molecule has 1 aromatic carbocycles. The van der Waals surface area contributed by atoms with Gasteiger partial charge in [0.05, 0.1) is 11.9 Å². The fraction of sp³-hybridized carbons (Fsp3) is 0.364. The van der Waals surface area contributed by atoms with Crippen LogP contribution in [0, 0.1) is 0 Å². The highest BCUT2D eigenvalue weighted by Gasteiger charge is 2.07. The lowest BCUT2D eigenvalue weighted by molar-refractivity contribution is -0.144. The van der Waals surface area contributed by atoms with Gasteiger partial charge < -0.3 is 4.74 Å². The van der Waals surface area contributed by atoms with Crippen molar-refractivity contribution in [2.45, 2.75) is 24.8 Å². The fourth-order valence-electron chi connectivity index (χ4n) is 0.995. The van der Waals surface area contributed by atoms with Gasteiger partial charge in [0.25, 0.3) is 0 Å². The molecule has 0 saturated heterocycles. The average Bonchev–Trinajstić information content (AvgIpc) is 2.15. The molecule has 15 heavy (non-hydrogen) atoms. The number of halogens is 1. The van der Waals surface area contributed by atoms with Crippen molar-refractivity contribution in [3.8, 4) is 0 Å². The molecular formula is C11H13BrO2S. The van der Waals surface area contributed by atoms with Crippen molar-refractivity contribution in [3.05, 3.63) is 28.7 Å². The lowest BCUT2D eigenvalue weighted by Crippen LogP contribution is -2.13. The molecule has 4 heteroatoms. The monoisotopic (exact) mass is 288 g/mol. The molecule has 82 valence electrons. The van der Waals surface area contributed by atoms with Gasteiger partial charge >= 0.3 is 5.97 Å². The third-order valence-electron chi connectivity index (χ3n) is 1.55. The van der Waals surface area contributed by atoms with Crippen molar-refractivity contribution in [1.82, 2.24) is 0 Å². The van der Waals surface area contributed by atoms with Crippen LogP contribution in [0.1, 0.15) is 13.8 Å².